The smallest absolute Gasteiger partial charge is 0.245 e. The zero-order chi connectivity index (χ0) is 19.7. The van der Waals surface area contributed by atoms with Crippen molar-refractivity contribution in [3.05, 3.63) is 35.9 Å². The van der Waals surface area contributed by atoms with E-state index in [2.05, 4.69) is 6.07 Å². The summed E-state index contributed by atoms with van der Waals surface area (Å²) in [4.78, 5) is 29.9. The van der Waals surface area contributed by atoms with Crippen LogP contribution in [-0.4, -0.2) is 52.8 Å². The SMILES string of the molecule is N#C[C@H]1CN(C(=O)[C@@H]2CCC3CCCC[C@H](N)C(=O)N32)C[C@@H]1c1ccccc1. The third kappa shape index (κ3) is 3.40. The van der Waals surface area contributed by atoms with Crippen molar-refractivity contribution in [1.29, 1.82) is 5.26 Å². The van der Waals surface area contributed by atoms with E-state index in [1.807, 2.05) is 30.3 Å². The van der Waals surface area contributed by atoms with Crippen LogP contribution in [0.15, 0.2) is 30.3 Å². The van der Waals surface area contributed by atoms with Crippen LogP contribution in [0.4, 0.5) is 0 Å². The van der Waals surface area contributed by atoms with Crippen LogP contribution in [0.1, 0.15) is 50.0 Å². The van der Waals surface area contributed by atoms with E-state index in [1.54, 1.807) is 9.80 Å². The Bertz CT molecular complexity index is 774. The third-order valence-electron chi connectivity index (χ3n) is 6.69. The van der Waals surface area contributed by atoms with Crippen molar-refractivity contribution in [2.24, 2.45) is 11.7 Å². The minimum Gasteiger partial charge on any atom is -0.339 e. The van der Waals surface area contributed by atoms with E-state index >= 15 is 0 Å². The quantitative estimate of drug-likeness (QED) is 0.850. The van der Waals surface area contributed by atoms with Gasteiger partial charge in [0.15, 0.2) is 0 Å². The molecular weight excluding hydrogens is 352 g/mol. The van der Waals surface area contributed by atoms with Gasteiger partial charge in [0.1, 0.15) is 6.04 Å². The summed E-state index contributed by atoms with van der Waals surface area (Å²) in [6, 6.07) is 11.5. The molecule has 4 rings (SSSR count). The second-order valence-electron chi connectivity index (χ2n) is 8.38. The Kier molecular flexibility index (Phi) is 5.36. The number of benzene rings is 1. The molecule has 6 nitrogen and oxygen atoms in total. The van der Waals surface area contributed by atoms with Crippen molar-refractivity contribution < 1.29 is 9.59 Å². The first kappa shape index (κ1) is 18.9. The first-order chi connectivity index (χ1) is 13.6. The highest BCUT2D eigenvalue weighted by Gasteiger charge is 2.46. The number of hydrogen-bond acceptors (Lipinski definition) is 4. The van der Waals surface area contributed by atoms with Crippen molar-refractivity contribution in [3.8, 4) is 6.07 Å². The molecule has 0 aliphatic carbocycles. The molecule has 2 amide bonds. The standard InChI is InChI=1S/C22H28N4O2/c23-12-16-13-25(14-18(16)15-6-2-1-3-7-15)22(28)20-11-10-17-8-4-5-9-19(24)21(27)26(17)20/h1-3,6-7,16-20H,4-5,8-11,13-14,24H2/t16-,17?,18+,19-,20-/m0/s1. The Labute approximate surface area is 166 Å². The van der Waals surface area contributed by atoms with Gasteiger partial charge in [-0.1, -0.05) is 43.2 Å². The molecule has 3 aliphatic heterocycles. The summed E-state index contributed by atoms with van der Waals surface area (Å²) in [5, 5.41) is 9.63. The van der Waals surface area contributed by atoms with Gasteiger partial charge >= 0.3 is 0 Å². The predicted molar refractivity (Wildman–Crippen MR) is 105 cm³/mol. The van der Waals surface area contributed by atoms with E-state index in [1.165, 1.54) is 0 Å². The van der Waals surface area contributed by atoms with Gasteiger partial charge in [-0.15, -0.1) is 0 Å². The molecule has 3 fully saturated rings. The number of carbonyl (C=O) groups excluding carboxylic acids is 2. The fourth-order valence-corrected chi connectivity index (χ4v) is 5.16. The van der Waals surface area contributed by atoms with E-state index in [9.17, 15) is 14.9 Å². The summed E-state index contributed by atoms with van der Waals surface area (Å²) in [5.41, 5.74) is 7.20. The molecule has 0 spiro atoms. The maximum atomic E-state index is 13.4. The van der Waals surface area contributed by atoms with Crippen LogP contribution < -0.4 is 5.73 Å². The highest BCUT2D eigenvalue weighted by molar-refractivity contribution is 5.91. The van der Waals surface area contributed by atoms with E-state index in [0.717, 1.165) is 31.2 Å². The number of amides is 2. The number of hydrogen-bond donors (Lipinski definition) is 1. The number of nitrogens with zero attached hydrogens (tertiary/aromatic N) is 3. The Hall–Kier alpha value is -2.39. The monoisotopic (exact) mass is 380 g/mol. The van der Waals surface area contributed by atoms with Gasteiger partial charge in [0.2, 0.25) is 11.8 Å². The molecule has 3 saturated heterocycles. The summed E-state index contributed by atoms with van der Waals surface area (Å²) in [6.07, 6.45) is 5.25. The van der Waals surface area contributed by atoms with Crippen molar-refractivity contribution in [2.75, 3.05) is 13.1 Å². The minimum absolute atomic E-state index is 0.0118. The largest absolute Gasteiger partial charge is 0.339 e. The normalized spacial score (nSPS) is 33.1. The molecule has 6 heteroatoms. The average molecular weight is 380 g/mol. The lowest BCUT2D eigenvalue weighted by molar-refractivity contribution is -0.146. The van der Waals surface area contributed by atoms with Crippen LogP contribution in [0, 0.1) is 17.2 Å². The molecule has 1 aromatic carbocycles. The summed E-state index contributed by atoms with van der Waals surface area (Å²) < 4.78 is 0. The molecule has 148 valence electrons. The number of likely N-dealkylation sites (tertiary alicyclic amines) is 1. The number of carbonyl (C=O) groups is 2. The number of nitriles is 1. The van der Waals surface area contributed by atoms with E-state index in [0.29, 0.717) is 25.9 Å². The molecule has 0 radical (unpaired) electrons. The number of nitrogens with two attached hydrogens (primary N) is 1. The van der Waals surface area contributed by atoms with Crippen LogP contribution in [0.25, 0.3) is 0 Å². The second kappa shape index (κ2) is 7.92. The molecule has 3 aliphatic rings. The lowest BCUT2D eigenvalue weighted by atomic mass is 9.90. The van der Waals surface area contributed by atoms with E-state index < -0.39 is 12.1 Å². The minimum atomic E-state index is -0.501. The predicted octanol–water partition coefficient (Wildman–Crippen LogP) is 2.01. The Morgan fingerprint density at radius 1 is 1.07 bits per heavy atom. The van der Waals surface area contributed by atoms with Gasteiger partial charge in [-0.3, -0.25) is 9.59 Å². The highest BCUT2D eigenvalue weighted by atomic mass is 16.2. The van der Waals surface area contributed by atoms with Gasteiger partial charge < -0.3 is 15.5 Å². The maximum absolute atomic E-state index is 13.4. The average Bonchev–Trinajstić information content (AvgIpc) is 3.34. The molecule has 0 bridgehead atoms. The first-order valence-electron chi connectivity index (χ1n) is 10.4. The fraction of sp³-hybridized carbons (Fsp3) is 0.591. The van der Waals surface area contributed by atoms with Gasteiger partial charge in [0.05, 0.1) is 18.0 Å². The molecule has 0 aromatic heterocycles. The zero-order valence-corrected chi connectivity index (χ0v) is 16.2. The molecule has 0 saturated carbocycles. The van der Waals surface area contributed by atoms with Crippen molar-refractivity contribution in [3.63, 3.8) is 0 Å². The summed E-state index contributed by atoms with van der Waals surface area (Å²) in [7, 11) is 0. The summed E-state index contributed by atoms with van der Waals surface area (Å²) in [5.74, 6) is -0.273. The highest BCUT2D eigenvalue weighted by Crippen LogP contribution is 2.36. The number of fused-ring (bicyclic) bond motifs is 1. The van der Waals surface area contributed by atoms with Gasteiger partial charge in [-0.2, -0.15) is 5.26 Å². The lowest BCUT2D eigenvalue weighted by Gasteiger charge is -2.35. The van der Waals surface area contributed by atoms with Crippen LogP contribution in [0.5, 0.6) is 0 Å². The lowest BCUT2D eigenvalue weighted by Crippen LogP contribution is -2.55. The fourth-order valence-electron chi connectivity index (χ4n) is 5.16. The van der Waals surface area contributed by atoms with Crippen molar-refractivity contribution in [2.45, 2.75) is 62.6 Å². The van der Waals surface area contributed by atoms with Gasteiger partial charge in [0.25, 0.3) is 0 Å². The van der Waals surface area contributed by atoms with Crippen molar-refractivity contribution in [1.82, 2.24) is 9.80 Å². The van der Waals surface area contributed by atoms with Crippen LogP contribution in [-0.2, 0) is 9.59 Å². The maximum Gasteiger partial charge on any atom is 0.245 e. The summed E-state index contributed by atoms with van der Waals surface area (Å²) >= 11 is 0. The zero-order valence-electron chi connectivity index (χ0n) is 16.2. The van der Waals surface area contributed by atoms with Crippen LogP contribution in [0.3, 0.4) is 0 Å². The Morgan fingerprint density at radius 3 is 2.57 bits per heavy atom. The van der Waals surface area contributed by atoms with Gasteiger partial charge in [-0.25, -0.2) is 0 Å². The number of rotatable bonds is 2. The van der Waals surface area contributed by atoms with E-state index in [4.69, 9.17) is 5.73 Å². The van der Waals surface area contributed by atoms with Crippen LogP contribution >= 0.6 is 0 Å². The van der Waals surface area contributed by atoms with Gasteiger partial charge in [-0.05, 0) is 31.2 Å². The Balaban J connectivity index is 1.53. The molecule has 28 heavy (non-hydrogen) atoms. The Morgan fingerprint density at radius 2 is 1.82 bits per heavy atom. The molecule has 1 unspecified atom stereocenters. The molecule has 1 aromatic rings. The third-order valence-corrected chi connectivity index (χ3v) is 6.69. The molecule has 5 atom stereocenters. The topological polar surface area (TPSA) is 90.4 Å². The van der Waals surface area contributed by atoms with Crippen molar-refractivity contribution >= 4 is 11.8 Å². The van der Waals surface area contributed by atoms with Gasteiger partial charge in [0, 0.05) is 25.0 Å². The van der Waals surface area contributed by atoms with E-state index in [-0.39, 0.29) is 29.7 Å². The molecule has 2 N–H and O–H groups in total. The molecular formula is C22H28N4O2. The second-order valence-corrected chi connectivity index (χ2v) is 8.38. The first-order valence-corrected chi connectivity index (χ1v) is 10.4. The summed E-state index contributed by atoms with van der Waals surface area (Å²) in [6.45, 7) is 0.973. The molecule has 3 heterocycles. The van der Waals surface area contributed by atoms with Crippen LogP contribution in [0.2, 0.25) is 0 Å².